The van der Waals surface area contributed by atoms with E-state index in [9.17, 15) is 8.42 Å². The molecule has 0 aliphatic rings. The second-order valence-electron chi connectivity index (χ2n) is 16.7. The molecule has 2 aromatic rings. The summed E-state index contributed by atoms with van der Waals surface area (Å²) >= 11 is 3.64. The van der Waals surface area contributed by atoms with E-state index in [0.717, 1.165) is 30.6 Å². The van der Waals surface area contributed by atoms with E-state index >= 15 is 0 Å². The summed E-state index contributed by atoms with van der Waals surface area (Å²) in [6.07, 6.45) is 27.6. The standard InChI is InChI=1S/C33H60O10.C20H34O3S.ClHO.Na.H/c1-2-3-4-5-6-7-8-9-32-10-12-33(13-11-32)43-31-30-42-29-28-41-27-26-40-25-24-39-23-22-38-21-20-37-19-18-36-17-16-35-15-14-34;1-2-3-4-5-6-7-8-9-10-11-12-13-14-19-15-17-20(18-16-19)24(21,22)23;1-2;;/h10-13,34H,2-9,14-31H2,1H3;15-18H,2-14H2,1H3,(H,21,22,23);2H;;. The predicted octanol–water partition coefficient (Wildman–Crippen LogP) is 10.1. The maximum absolute atomic E-state index is 11.0. The summed E-state index contributed by atoms with van der Waals surface area (Å²) in [4.78, 5) is -0.0269. The topological polar surface area (TPSA) is 178 Å². The maximum atomic E-state index is 11.0. The summed E-state index contributed by atoms with van der Waals surface area (Å²) in [7, 11) is -4.07. The monoisotopic (exact) mass is 1050 g/mol. The van der Waals surface area contributed by atoms with Gasteiger partial charge in [0.15, 0.2) is 0 Å². The Labute approximate surface area is 452 Å². The van der Waals surface area contributed by atoms with Crippen molar-refractivity contribution in [2.45, 2.75) is 154 Å². The molecule has 0 radical (unpaired) electrons. The van der Waals surface area contributed by atoms with E-state index in [2.05, 4.69) is 50.0 Å². The molecule has 70 heavy (non-hydrogen) atoms. The SMILES string of the molecule is CCCCCCCCCCCCCCc1ccc(S(=O)(=O)O)cc1.CCCCCCCCCc1ccc(OCCOCCOCCOCCOCCOCCOCCOCCOCCO)cc1.OCl.[NaH]. The van der Waals surface area contributed by atoms with Crippen LogP contribution >= 0.6 is 11.9 Å². The Bertz CT molecular complexity index is 1410. The number of hydrogen-bond acceptors (Lipinski definition) is 13. The Hall–Kier alpha value is -0.960. The molecule has 0 atom stereocenters. The first-order valence-corrected chi connectivity index (χ1v) is 27.9. The van der Waals surface area contributed by atoms with Crippen molar-refractivity contribution in [1.82, 2.24) is 0 Å². The summed E-state index contributed by atoms with van der Waals surface area (Å²) in [5, 5.41) is 8.58. The number of rotatable bonds is 49. The third-order valence-corrected chi connectivity index (χ3v) is 11.7. The van der Waals surface area contributed by atoms with E-state index in [4.69, 9.17) is 57.0 Å². The number of aliphatic hydroxyl groups is 1. The fraction of sp³-hybridized carbons (Fsp3) is 0.774. The third-order valence-electron chi connectivity index (χ3n) is 10.9. The van der Waals surface area contributed by atoms with Gasteiger partial charge in [-0.15, -0.1) is 0 Å². The van der Waals surface area contributed by atoms with E-state index in [1.165, 1.54) is 133 Å². The molecule has 14 nitrogen and oxygen atoms in total. The van der Waals surface area contributed by atoms with Crippen molar-refractivity contribution >= 4 is 51.5 Å². The minimum absolute atomic E-state index is 0. The van der Waals surface area contributed by atoms with E-state index in [1.54, 1.807) is 12.1 Å². The molecule has 0 spiro atoms. The van der Waals surface area contributed by atoms with E-state index in [0.29, 0.717) is 112 Å². The van der Waals surface area contributed by atoms with Crippen molar-refractivity contribution in [3.8, 4) is 5.75 Å². The molecule has 0 fully saturated rings. The summed E-state index contributed by atoms with van der Waals surface area (Å²) in [5.74, 6) is 0.887. The first-order valence-electron chi connectivity index (χ1n) is 26.1. The normalized spacial score (nSPS) is 11.1. The molecule has 0 aliphatic heterocycles. The summed E-state index contributed by atoms with van der Waals surface area (Å²) in [6.45, 7) is 13.1. The molecule has 0 bridgehead atoms. The van der Waals surface area contributed by atoms with Crippen LogP contribution in [0.25, 0.3) is 0 Å². The Morgan fingerprint density at radius 1 is 0.386 bits per heavy atom. The Morgan fingerprint density at radius 2 is 0.643 bits per heavy atom. The van der Waals surface area contributed by atoms with Gasteiger partial charge in [0.05, 0.1) is 129 Å². The van der Waals surface area contributed by atoms with Crippen LogP contribution < -0.4 is 4.74 Å². The average molecular weight is 1050 g/mol. The van der Waals surface area contributed by atoms with Crippen LogP contribution in [0.2, 0.25) is 0 Å². The Morgan fingerprint density at radius 3 is 0.929 bits per heavy atom. The van der Waals surface area contributed by atoms with Gasteiger partial charge in [0.25, 0.3) is 10.1 Å². The second-order valence-corrected chi connectivity index (χ2v) is 18.2. The van der Waals surface area contributed by atoms with Crippen LogP contribution in [-0.2, 0) is 60.9 Å². The number of unbranched alkanes of at least 4 members (excludes halogenated alkanes) is 17. The van der Waals surface area contributed by atoms with Crippen molar-refractivity contribution in [2.75, 3.05) is 119 Å². The van der Waals surface area contributed by atoms with Gasteiger partial charge in [-0.3, -0.25) is 9.21 Å². The van der Waals surface area contributed by atoms with Crippen LogP contribution in [-0.4, -0.2) is 171 Å². The van der Waals surface area contributed by atoms with Gasteiger partial charge in [-0.25, -0.2) is 0 Å². The Kier molecular flexibility index (Phi) is 58.2. The first-order chi connectivity index (χ1) is 33.9. The number of halogens is 1. The molecule has 0 amide bonds. The van der Waals surface area contributed by atoms with Crippen LogP contribution in [0.3, 0.4) is 0 Å². The van der Waals surface area contributed by atoms with Gasteiger partial charge in [-0.1, -0.05) is 147 Å². The molecular weight excluding hydrogens is 951 g/mol. The fourth-order valence-electron chi connectivity index (χ4n) is 6.96. The van der Waals surface area contributed by atoms with E-state index < -0.39 is 10.1 Å². The fourth-order valence-corrected chi connectivity index (χ4v) is 7.44. The van der Waals surface area contributed by atoms with Crippen LogP contribution in [0.15, 0.2) is 53.4 Å². The molecular formula is C53H96ClNaO14S. The predicted molar refractivity (Wildman–Crippen MR) is 284 cm³/mol. The van der Waals surface area contributed by atoms with Crippen LogP contribution in [0, 0.1) is 0 Å². The quantitative estimate of drug-likeness (QED) is 0.0324. The number of benzene rings is 2. The zero-order chi connectivity index (χ0) is 50.4. The molecule has 0 saturated carbocycles. The zero-order valence-electron chi connectivity index (χ0n) is 42.8. The molecule has 17 heteroatoms. The van der Waals surface area contributed by atoms with Crippen molar-refractivity contribution in [2.24, 2.45) is 0 Å². The Balaban J connectivity index is 0. The molecule has 0 aliphatic carbocycles. The number of ether oxygens (including phenoxy) is 9. The number of aryl methyl sites for hydroxylation is 2. The molecule has 2 rings (SSSR count). The average Bonchev–Trinajstić information content (AvgIpc) is 3.36. The van der Waals surface area contributed by atoms with Crippen molar-refractivity contribution in [1.29, 1.82) is 0 Å². The van der Waals surface area contributed by atoms with Crippen LogP contribution in [0.1, 0.15) is 147 Å². The van der Waals surface area contributed by atoms with Gasteiger partial charge in [-0.2, -0.15) is 8.42 Å². The summed E-state index contributed by atoms with van der Waals surface area (Å²) < 4.78 is 86.5. The molecule has 0 saturated heterocycles. The van der Waals surface area contributed by atoms with Gasteiger partial charge in [0.2, 0.25) is 0 Å². The van der Waals surface area contributed by atoms with Crippen molar-refractivity contribution in [3.05, 3.63) is 59.7 Å². The number of hydrogen-bond donors (Lipinski definition) is 3. The van der Waals surface area contributed by atoms with Crippen LogP contribution in [0.5, 0.6) is 5.75 Å². The summed E-state index contributed by atoms with van der Waals surface area (Å²) in [5.41, 5.74) is 2.51. The third kappa shape index (κ3) is 50.6. The van der Waals surface area contributed by atoms with E-state index in [1.807, 2.05) is 0 Å². The van der Waals surface area contributed by atoms with Crippen molar-refractivity contribution < 1.29 is 65.4 Å². The second kappa shape index (κ2) is 57.3. The van der Waals surface area contributed by atoms with Gasteiger partial charge in [0, 0.05) is 0 Å². The minimum atomic E-state index is -4.07. The molecule has 0 unspecified atom stereocenters. The van der Waals surface area contributed by atoms with Gasteiger partial charge in [0.1, 0.15) is 12.4 Å². The van der Waals surface area contributed by atoms with Crippen molar-refractivity contribution in [3.63, 3.8) is 0 Å². The van der Waals surface area contributed by atoms with Gasteiger partial charge in [-0.05, 0) is 61.1 Å². The molecule has 0 aromatic heterocycles. The molecule has 406 valence electrons. The van der Waals surface area contributed by atoms with Gasteiger partial charge < -0.3 is 47.7 Å². The van der Waals surface area contributed by atoms with Crippen LogP contribution in [0.4, 0.5) is 0 Å². The molecule has 0 heterocycles. The van der Waals surface area contributed by atoms with E-state index in [-0.39, 0.29) is 41.1 Å². The molecule has 3 N–H and O–H groups in total. The zero-order valence-corrected chi connectivity index (χ0v) is 44.4. The molecule has 2 aromatic carbocycles. The first kappa shape index (κ1) is 71.1. The van der Waals surface area contributed by atoms with Gasteiger partial charge >= 0.3 is 29.6 Å². The summed E-state index contributed by atoms with van der Waals surface area (Å²) in [6, 6.07) is 15.0. The number of aliphatic hydroxyl groups excluding tert-OH is 1.